The fourth-order valence-corrected chi connectivity index (χ4v) is 2.96. The van der Waals surface area contributed by atoms with Crippen molar-refractivity contribution in [3.8, 4) is 11.3 Å². The van der Waals surface area contributed by atoms with Gasteiger partial charge in [-0.05, 0) is 29.3 Å². The van der Waals surface area contributed by atoms with Crippen molar-refractivity contribution in [1.29, 1.82) is 0 Å². The van der Waals surface area contributed by atoms with E-state index in [9.17, 15) is 0 Å². The van der Waals surface area contributed by atoms with Gasteiger partial charge in [0.05, 0.1) is 6.20 Å². The van der Waals surface area contributed by atoms with E-state index in [0.29, 0.717) is 0 Å². The van der Waals surface area contributed by atoms with Crippen LogP contribution in [0, 0.1) is 0 Å². The SMILES string of the molecule is c1ccc(Cc2c(Nc3ccccc3)cccc2-c2ccno2)cc1. The maximum atomic E-state index is 5.43. The first-order valence-corrected chi connectivity index (χ1v) is 8.29. The van der Waals surface area contributed by atoms with E-state index in [-0.39, 0.29) is 0 Å². The van der Waals surface area contributed by atoms with Gasteiger partial charge in [0, 0.05) is 29.4 Å². The number of hydrogen-bond acceptors (Lipinski definition) is 3. The van der Waals surface area contributed by atoms with Gasteiger partial charge in [-0.3, -0.25) is 0 Å². The lowest BCUT2D eigenvalue weighted by Gasteiger charge is -2.15. The van der Waals surface area contributed by atoms with Crippen LogP contribution in [0.15, 0.2) is 95.6 Å². The second-order valence-electron chi connectivity index (χ2n) is 5.86. The molecule has 0 radical (unpaired) electrons. The fraction of sp³-hybridized carbons (Fsp3) is 0.0455. The Bertz CT molecular complexity index is 932. The van der Waals surface area contributed by atoms with E-state index >= 15 is 0 Å². The molecule has 3 heteroatoms. The number of para-hydroxylation sites is 1. The van der Waals surface area contributed by atoms with E-state index in [0.717, 1.165) is 29.1 Å². The Labute approximate surface area is 146 Å². The van der Waals surface area contributed by atoms with Crippen LogP contribution in [0.1, 0.15) is 11.1 Å². The van der Waals surface area contributed by atoms with Gasteiger partial charge in [-0.2, -0.15) is 0 Å². The van der Waals surface area contributed by atoms with Crippen LogP contribution in [-0.4, -0.2) is 5.16 Å². The lowest BCUT2D eigenvalue weighted by Crippen LogP contribution is -1.99. The molecule has 25 heavy (non-hydrogen) atoms. The maximum absolute atomic E-state index is 5.43. The lowest BCUT2D eigenvalue weighted by molar-refractivity contribution is 0.432. The Hall–Kier alpha value is -3.33. The van der Waals surface area contributed by atoms with Gasteiger partial charge < -0.3 is 9.84 Å². The van der Waals surface area contributed by atoms with Gasteiger partial charge in [0.2, 0.25) is 0 Å². The molecule has 0 bridgehead atoms. The van der Waals surface area contributed by atoms with Gasteiger partial charge >= 0.3 is 0 Å². The molecule has 1 heterocycles. The summed E-state index contributed by atoms with van der Waals surface area (Å²) in [5.41, 5.74) is 5.64. The molecule has 1 N–H and O–H groups in total. The third-order valence-electron chi connectivity index (χ3n) is 4.16. The number of nitrogens with zero attached hydrogens (tertiary/aromatic N) is 1. The van der Waals surface area contributed by atoms with E-state index in [4.69, 9.17) is 4.52 Å². The van der Waals surface area contributed by atoms with Crippen molar-refractivity contribution in [1.82, 2.24) is 5.16 Å². The quantitative estimate of drug-likeness (QED) is 0.513. The van der Waals surface area contributed by atoms with Crippen LogP contribution in [-0.2, 0) is 6.42 Å². The van der Waals surface area contributed by atoms with Crippen LogP contribution in [0.3, 0.4) is 0 Å². The Morgan fingerprint density at radius 2 is 1.52 bits per heavy atom. The van der Waals surface area contributed by atoms with Gasteiger partial charge in [-0.15, -0.1) is 0 Å². The molecule has 0 aliphatic rings. The molecule has 0 saturated heterocycles. The second-order valence-corrected chi connectivity index (χ2v) is 5.86. The average Bonchev–Trinajstić information content (AvgIpc) is 3.19. The Morgan fingerprint density at radius 1 is 0.760 bits per heavy atom. The van der Waals surface area contributed by atoms with Crippen LogP contribution in [0.25, 0.3) is 11.3 Å². The monoisotopic (exact) mass is 326 g/mol. The standard InChI is InChI=1S/C22H18N2O/c1-3-8-17(9-4-1)16-20-19(22-14-15-23-25-22)12-7-13-21(20)24-18-10-5-2-6-11-18/h1-15,24H,16H2. The van der Waals surface area contributed by atoms with Crippen molar-refractivity contribution >= 4 is 11.4 Å². The van der Waals surface area contributed by atoms with Gasteiger partial charge in [0.15, 0.2) is 5.76 Å². The number of nitrogens with one attached hydrogen (secondary N) is 1. The van der Waals surface area contributed by atoms with Crippen molar-refractivity contribution in [2.24, 2.45) is 0 Å². The molecule has 3 aromatic carbocycles. The maximum Gasteiger partial charge on any atom is 0.167 e. The normalized spacial score (nSPS) is 10.6. The number of anilines is 2. The van der Waals surface area contributed by atoms with E-state index < -0.39 is 0 Å². The highest BCUT2D eigenvalue weighted by atomic mass is 16.5. The summed E-state index contributed by atoms with van der Waals surface area (Å²) in [7, 11) is 0. The summed E-state index contributed by atoms with van der Waals surface area (Å²) in [4.78, 5) is 0. The molecule has 0 saturated carbocycles. The molecule has 0 atom stereocenters. The highest BCUT2D eigenvalue weighted by molar-refractivity contribution is 5.74. The first kappa shape index (κ1) is 15.2. The molecule has 3 nitrogen and oxygen atoms in total. The summed E-state index contributed by atoms with van der Waals surface area (Å²) in [6.45, 7) is 0. The molecule has 0 aliphatic carbocycles. The molecule has 0 aliphatic heterocycles. The van der Waals surface area contributed by atoms with Crippen LogP contribution < -0.4 is 5.32 Å². The third kappa shape index (κ3) is 3.45. The van der Waals surface area contributed by atoms with E-state index in [1.165, 1.54) is 11.1 Å². The number of hydrogen-bond donors (Lipinski definition) is 1. The molecular weight excluding hydrogens is 308 g/mol. The van der Waals surface area contributed by atoms with Crippen molar-refractivity contribution in [2.75, 3.05) is 5.32 Å². The smallest absolute Gasteiger partial charge is 0.167 e. The zero-order valence-electron chi connectivity index (χ0n) is 13.7. The second kappa shape index (κ2) is 7.05. The predicted octanol–water partition coefficient (Wildman–Crippen LogP) is 5.68. The number of aromatic nitrogens is 1. The highest BCUT2D eigenvalue weighted by Gasteiger charge is 2.13. The van der Waals surface area contributed by atoms with Crippen molar-refractivity contribution in [3.05, 3.63) is 102 Å². The van der Waals surface area contributed by atoms with E-state index in [1.54, 1.807) is 6.20 Å². The van der Waals surface area contributed by atoms with Crippen LogP contribution in [0.4, 0.5) is 11.4 Å². The largest absolute Gasteiger partial charge is 0.356 e. The number of rotatable bonds is 5. The first-order chi connectivity index (χ1) is 12.4. The molecule has 122 valence electrons. The zero-order chi connectivity index (χ0) is 16.9. The summed E-state index contributed by atoms with van der Waals surface area (Å²) in [5, 5.41) is 7.40. The fourth-order valence-electron chi connectivity index (χ4n) is 2.96. The Morgan fingerprint density at radius 3 is 2.24 bits per heavy atom. The molecule has 0 unspecified atom stereocenters. The van der Waals surface area contributed by atoms with Gasteiger partial charge in [-0.25, -0.2) is 0 Å². The van der Waals surface area contributed by atoms with E-state index in [2.05, 4.69) is 59.0 Å². The minimum atomic E-state index is 0.780. The summed E-state index contributed by atoms with van der Waals surface area (Å²) < 4.78 is 5.43. The molecular formula is C22H18N2O. The zero-order valence-corrected chi connectivity index (χ0v) is 13.7. The third-order valence-corrected chi connectivity index (χ3v) is 4.16. The predicted molar refractivity (Wildman–Crippen MR) is 101 cm³/mol. The summed E-state index contributed by atoms with van der Waals surface area (Å²) in [5.74, 6) is 0.780. The molecule has 0 spiro atoms. The summed E-state index contributed by atoms with van der Waals surface area (Å²) >= 11 is 0. The van der Waals surface area contributed by atoms with Gasteiger partial charge in [-0.1, -0.05) is 65.8 Å². The van der Waals surface area contributed by atoms with Crippen LogP contribution in [0.2, 0.25) is 0 Å². The molecule has 1 aromatic heterocycles. The Balaban J connectivity index is 1.78. The molecule has 4 rings (SSSR count). The Kier molecular flexibility index (Phi) is 4.29. The van der Waals surface area contributed by atoms with Crippen molar-refractivity contribution < 1.29 is 4.52 Å². The molecule has 0 fully saturated rings. The average molecular weight is 326 g/mol. The van der Waals surface area contributed by atoms with Crippen LogP contribution in [0.5, 0.6) is 0 Å². The minimum Gasteiger partial charge on any atom is -0.356 e. The summed E-state index contributed by atoms with van der Waals surface area (Å²) in [6.07, 6.45) is 2.49. The van der Waals surface area contributed by atoms with Crippen LogP contribution >= 0.6 is 0 Å². The van der Waals surface area contributed by atoms with Crippen molar-refractivity contribution in [3.63, 3.8) is 0 Å². The topological polar surface area (TPSA) is 38.1 Å². The van der Waals surface area contributed by atoms with Gasteiger partial charge in [0.1, 0.15) is 0 Å². The minimum absolute atomic E-state index is 0.780. The number of benzene rings is 3. The van der Waals surface area contributed by atoms with Gasteiger partial charge in [0.25, 0.3) is 0 Å². The summed E-state index contributed by atoms with van der Waals surface area (Å²) in [6, 6.07) is 28.8. The van der Waals surface area contributed by atoms with E-state index in [1.807, 2.05) is 36.4 Å². The molecule has 4 aromatic rings. The lowest BCUT2D eigenvalue weighted by atomic mass is 9.96. The van der Waals surface area contributed by atoms with Crippen molar-refractivity contribution in [2.45, 2.75) is 6.42 Å². The highest BCUT2D eigenvalue weighted by Crippen LogP contribution is 2.32. The molecule has 0 amide bonds. The first-order valence-electron chi connectivity index (χ1n) is 8.29.